The molecule has 0 spiro atoms. The number of fused-ring (bicyclic) bond motifs is 2. The molecule has 0 saturated heterocycles. The molecule has 2 aliphatic carbocycles. The van der Waals surface area contributed by atoms with Gasteiger partial charge in [0.25, 0.3) is 0 Å². The number of aliphatic hydroxyl groups is 1. The summed E-state index contributed by atoms with van der Waals surface area (Å²) in [6.45, 7) is 6.94. The number of Topliss-reactive ketones (excluding diaryl/α,β-unsaturated/α-hetero) is 1. The van der Waals surface area contributed by atoms with Gasteiger partial charge >= 0.3 is 0 Å². The lowest BCUT2D eigenvalue weighted by molar-refractivity contribution is -0.253. The molecule has 2 unspecified atom stereocenters. The van der Waals surface area contributed by atoms with E-state index in [4.69, 9.17) is 14.2 Å². The molecule has 28 heavy (non-hydrogen) atoms. The first-order valence-electron chi connectivity index (χ1n) is 9.87. The van der Waals surface area contributed by atoms with Gasteiger partial charge in [-0.25, -0.2) is 0 Å². The van der Waals surface area contributed by atoms with Gasteiger partial charge in [-0.05, 0) is 35.5 Å². The second kappa shape index (κ2) is 7.71. The van der Waals surface area contributed by atoms with E-state index in [0.29, 0.717) is 12.4 Å². The summed E-state index contributed by atoms with van der Waals surface area (Å²) in [5.74, 6) is -0.648. The molecular formula is C23H32O5. The van der Waals surface area contributed by atoms with E-state index in [9.17, 15) is 9.90 Å². The smallest absolute Gasteiger partial charge is 0.215 e. The molecule has 1 aromatic carbocycles. The van der Waals surface area contributed by atoms with E-state index in [1.165, 1.54) is 14.2 Å². The Balaban J connectivity index is 1.67. The minimum absolute atomic E-state index is 0.0333. The van der Waals surface area contributed by atoms with Crippen molar-refractivity contribution in [1.29, 1.82) is 0 Å². The first-order valence-corrected chi connectivity index (χ1v) is 9.87. The van der Waals surface area contributed by atoms with Crippen molar-refractivity contribution in [3.8, 4) is 0 Å². The molecular weight excluding hydrogens is 356 g/mol. The minimum atomic E-state index is -1.13. The van der Waals surface area contributed by atoms with Gasteiger partial charge in [0.2, 0.25) is 5.79 Å². The van der Waals surface area contributed by atoms with Crippen LogP contribution in [0.3, 0.4) is 0 Å². The second-order valence-electron chi connectivity index (χ2n) is 8.78. The number of hydrogen-bond donors (Lipinski definition) is 1. The predicted molar refractivity (Wildman–Crippen MR) is 108 cm³/mol. The molecule has 3 rings (SSSR count). The number of ketones is 1. The number of ether oxygens (including phenoxy) is 3. The summed E-state index contributed by atoms with van der Waals surface area (Å²) < 4.78 is 16.0. The van der Waals surface area contributed by atoms with Gasteiger partial charge in [0.15, 0.2) is 5.78 Å². The summed E-state index contributed by atoms with van der Waals surface area (Å²) in [7, 11) is 2.95. The van der Waals surface area contributed by atoms with Gasteiger partial charge in [-0.15, -0.1) is 0 Å². The maximum atomic E-state index is 12.8. The maximum absolute atomic E-state index is 12.8. The van der Waals surface area contributed by atoms with Gasteiger partial charge in [-0.2, -0.15) is 0 Å². The van der Waals surface area contributed by atoms with Crippen LogP contribution in [0, 0.1) is 16.7 Å². The van der Waals surface area contributed by atoms with Gasteiger partial charge in [0.05, 0.1) is 13.2 Å². The van der Waals surface area contributed by atoms with Crippen molar-refractivity contribution in [2.24, 2.45) is 16.7 Å². The van der Waals surface area contributed by atoms with Crippen LogP contribution in [0.5, 0.6) is 0 Å². The van der Waals surface area contributed by atoms with Gasteiger partial charge in [-0.3, -0.25) is 4.79 Å². The molecule has 0 amide bonds. The van der Waals surface area contributed by atoms with Gasteiger partial charge in [0, 0.05) is 31.1 Å². The van der Waals surface area contributed by atoms with E-state index in [2.05, 4.69) is 26.8 Å². The molecule has 2 atom stereocenters. The third-order valence-electron chi connectivity index (χ3n) is 7.27. The molecule has 2 fully saturated rings. The summed E-state index contributed by atoms with van der Waals surface area (Å²) in [5, 5.41) is 9.41. The number of benzene rings is 1. The molecule has 0 heterocycles. The van der Waals surface area contributed by atoms with Crippen LogP contribution in [0.25, 0.3) is 6.08 Å². The largest absolute Gasteiger partial charge is 0.391 e. The van der Waals surface area contributed by atoms with Crippen molar-refractivity contribution in [2.75, 3.05) is 27.4 Å². The Hall–Kier alpha value is -1.53. The van der Waals surface area contributed by atoms with E-state index in [0.717, 1.165) is 29.5 Å². The summed E-state index contributed by atoms with van der Waals surface area (Å²) in [4.78, 5) is 12.8. The van der Waals surface area contributed by atoms with Crippen molar-refractivity contribution in [3.63, 3.8) is 0 Å². The van der Waals surface area contributed by atoms with Crippen LogP contribution in [0.4, 0.5) is 0 Å². The third kappa shape index (κ3) is 3.35. The number of rotatable bonds is 8. The van der Waals surface area contributed by atoms with E-state index in [1.807, 2.05) is 24.3 Å². The van der Waals surface area contributed by atoms with Crippen molar-refractivity contribution >= 4 is 11.9 Å². The summed E-state index contributed by atoms with van der Waals surface area (Å²) in [6.07, 6.45) is 4.16. The zero-order chi connectivity index (χ0) is 20.6. The summed E-state index contributed by atoms with van der Waals surface area (Å²) in [6, 6.07) is 8.04. The monoisotopic (exact) mass is 388 g/mol. The number of methoxy groups -OCH3 is 2. The van der Waals surface area contributed by atoms with Gasteiger partial charge in [0.1, 0.15) is 6.61 Å². The summed E-state index contributed by atoms with van der Waals surface area (Å²) in [5.41, 5.74) is 3.02. The fraction of sp³-hybridized carbons (Fsp3) is 0.609. The van der Waals surface area contributed by atoms with E-state index < -0.39 is 5.79 Å². The highest BCUT2D eigenvalue weighted by Gasteiger charge is 2.63. The Labute approximate surface area is 167 Å². The lowest BCUT2D eigenvalue weighted by atomic mass is 9.69. The highest BCUT2D eigenvalue weighted by molar-refractivity contribution is 6.06. The van der Waals surface area contributed by atoms with Crippen LogP contribution < -0.4 is 0 Å². The Morgan fingerprint density at radius 3 is 2.32 bits per heavy atom. The summed E-state index contributed by atoms with van der Waals surface area (Å²) >= 11 is 0. The molecule has 5 heteroatoms. The van der Waals surface area contributed by atoms with E-state index in [1.54, 1.807) is 0 Å². The average Bonchev–Trinajstić information content (AvgIpc) is 3.00. The number of allylic oxidation sites excluding steroid dienone is 1. The van der Waals surface area contributed by atoms with Crippen LogP contribution in [0.15, 0.2) is 29.8 Å². The molecule has 0 aromatic heterocycles. The Kier molecular flexibility index (Phi) is 5.84. The van der Waals surface area contributed by atoms with Crippen LogP contribution in [-0.4, -0.2) is 44.1 Å². The number of carbonyl (C=O) groups is 1. The lowest BCUT2D eigenvalue weighted by Crippen LogP contribution is -2.42. The standard InChI is InChI=1S/C23H32O5/c1-21(2)18-10-11-22(21,3)19(20(18)25)12-16-6-8-17(9-7-16)13-28-15-23(14-24,26-4)27-5/h6-9,12,18,24H,10-11,13-15H2,1-5H3/b19-12-. The highest BCUT2D eigenvalue weighted by atomic mass is 16.7. The molecule has 1 aromatic rings. The van der Waals surface area contributed by atoms with E-state index >= 15 is 0 Å². The molecule has 0 radical (unpaired) electrons. The minimum Gasteiger partial charge on any atom is -0.391 e. The number of hydrogen-bond acceptors (Lipinski definition) is 5. The van der Waals surface area contributed by atoms with Gasteiger partial charge in [-0.1, -0.05) is 45.0 Å². The highest BCUT2D eigenvalue weighted by Crippen LogP contribution is 2.66. The molecule has 154 valence electrons. The second-order valence-corrected chi connectivity index (χ2v) is 8.78. The normalized spacial score (nSPS) is 27.7. The number of aliphatic hydroxyl groups excluding tert-OH is 1. The molecule has 0 aliphatic heterocycles. The number of carbonyl (C=O) groups excluding carboxylic acids is 1. The Bertz CT molecular complexity index is 736. The zero-order valence-electron chi connectivity index (χ0n) is 17.6. The van der Waals surface area contributed by atoms with Crippen LogP contribution in [0.1, 0.15) is 44.7 Å². The van der Waals surface area contributed by atoms with Crippen molar-refractivity contribution in [3.05, 3.63) is 41.0 Å². The van der Waals surface area contributed by atoms with Crippen molar-refractivity contribution < 1.29 is 24.1 Å². The van der Waals surface area contributed by atoms with Crippen LogP contribution in [0.2, 0.25) is 0 Å². The van der Waals surface area contributed by atoms with Crippen LogP contribution in [-0.2, 0) is 25.6 Å². The molecule has 2 aliphatic rings. The first kappa shape index (κ1) is 21.2. The van der Waals surface area contributed by atoms with Crippen molar-refractivity contribution in [1.82, 2.24) is 0 Å². The zero-order valence-corrected chi connectivity index (χ0v) is 17.6. The third-order valence-corrected chi connectivity index (χ3v) is 7.27. The average molecular weight is 389 g/mol. The fourth-order valence-corrected chi connectivity index (χ4v) is 4.71. The molecule has 5 nitrogen and oxygen atoms in total. The topological polar surface area (TPSA) is 65.0 Å². The molecule has 2 saturated carbocycles. The quantitative estimate of drug-likeness (QED) is 0.545. The SMILES string of the molecule is COC(CO)(COCc1ccc(/C=C2/C(=O)C3CCC2(C)C3(C)C)cc1)OC. The first-order chi connectivity index (χ1) is 13.2. The van der Waals surface area contributed by atoms with E-state index in [-0.39, 0.29) is 30.0 Å². The molecule has 1 N–H and O–H groups in total. The van der Waals surface area contributed by atoms with Crippen molar-refractivity contribution in [2.45, 2.75) is 46.0 Å². The maximum Gasteiger partial charge on any atom is 0.215 e. The Morgan fingerprint density at radius 2 is 1.82 bits per heavy atom. The lowest BCUT2D eigenvalue weighted by Gasteiger charge is -2.34. The molecule has 2 bridgehead atoms. The Morgan fingerprint density at radius 1 is 1.18 bits per heavy atom. The van der Waals surface area contributed by atoms with Gasteiger partial charge < -0.3 is 19.3 Å². The predicted octanol–water partition coefficient (Wildman–Crippen LogP) is 3.59. The fourth-order valence-electron chi connectivity index (χ4n) is 4.71. The van der Waals surface area contributed by atoms with Crippen LogP contribution >= 0.6 is 0 Å².